The summed E-state index contributed by atoms with van der Waals surface area (Å²) in [5.74, 6) is 0. The Morgan fingerprint density at radius 3 is 1.74 bits per heavy atom. The van der Waals surface area contributed by atoms with Crippen LogP contribution in [-0.4, -0.2) is 9.97 Å². The van der Waals surface area contributed by atoms with E-state index in [0.717, 1.165) is 10.8 Å². The lowest BCUT2D eigenvalue weighted by atomic mass is 9.91. The quantitative estimate of drug-likeness (QED) is 0.161. The summed E-state index contributed by atoms with van der Waals surface area (Å²) in [5.41, 5.74) is -0.654. The summed E-state index contributed by atoms with van der Waals surface area (Å²) in [7, 11) is 0. The molecule has 34 heavy (non-hydrogen) atoms. The fraction of sp³-hybridized carbons (Fsp3) is 0. The number of benzene rings is 4. The average Bonchev–Trinajstić information content (AvgIpc) is 2.89. The van der Waals surface area contributed by atoms with Gasteiger partial charge in [0.1, 0.15) is 12.1 Å². The van der Waals surface area contributed by atoms with E-state index in [0.29, 0.717) is 16.2 Å². The molecule has 0 atom stereocenters. The third kappa shape index (κ3) is 2.46. The number of nitriles is 3. The van der Waals surface area contributed by atoms with Gasteiger partial charge in [0.25, 0.3) is 0 Å². The zero-order chi connectivity index (χ0) is 24.0. The van der Waals surface area contributed by atoms with Gasteiger partial charge in [-0.1, -0.05) is 24.3 Å². The van der Waals surface area contributed by atoms with Crippen molar-refractivity contribution in [2.45, 2.75) is 0 Å². The highest BCUT2D eigenvalue weighted by molar-refractivity contribution is 6.32. The summed E-state index contributed by atoms with van der Waals surface area (Å²) in [4.78, 5) is 19.2. The predicted molar refractivity (Wildman–Crippen MR) is 125 cm³/mol. The van der Waals surface area contributed by atoms with Crippen molar-refractivity contribution in [1.29, 1.82) is 15.8 Å². The largest absolute Gasteiger partial charge is 0.262 e. The van der Waals surface area contributed by atoms with Gasteiger partial charge in [0.15, 0.2) is 17.1 Å². The molecule has 150 valence electrons. The normalized spacial score (nSPS) is 10.2. The lowest BCUT2D eigenvalue weighted by molar-refractivity contribution is 1.21. The number of aromatic nitrogens is 2. The van der Waals surface area contributed by atoms with Gasteiger partial charge in [-0.3, -0.25) is 14.5 Å². The molecule has 0 bridgehead atoms. The molecular weight excluding hydrogens is 424 g/mol. The van der Waals surface area contributed by atoms with Gasteiger partial charge in [0.2, 0.25) is 11.4 Å². The third-order valence-corrected chi connectivity index (χ3v) is 5.62. The molecule has 4 aromatic carbocycles. The monoisotopic (exact) mass is 430 g/mol. The molecule has 0 radical (unpaired) electrons. The van der Waals surface area contributed by atoms with E-state index in [1.165, 1.54) is 0 Å². The van der Waals surface area contributed by atoms with Gasteiger partial charge in [0, 0.05) is 10.8 Å². The maximum absolute atomic E-state index is 10.0. The van der Waals surface area contributed by atoms with Gasteiger partial charge in [-0.2, -0.15) is 15.8 Å². The van der Waals surface area contributed by atoms with Crippen LogP contribution in [0.5, 0.6) is 0 Å². The Kier molecular flexibility index (Phi) is 4.25. The van der Waals surface area contributed by atoms with Gasteiger partial charge in [0.05, 0.1) is 42.4 Å². The topological polar surface area (TPSA) is 110 Å². The Morgan fingerprint density at radius 2 is 1.21 bits per heavy atom. The van der Waals surface area contributed by atoms with E-state index in [4.69, 9.17) is 19.7 Å². The van der Waals surface area contributed by atoms with Crippen molar-refractivity contribution in [3.63, 3.8) is 0 Å². The molecular formula is C26H6N8. The number of nitrogens with zero attached hydrogens (tertiary/aromatic N) is 8. The number of hydrogen-bond acceptors (Lipinski definition) is 5. The lowest BCUT2D eigenvalue weighted by Crippen LogP contribution is -1.99. The molecule has 0 N–H and O–H groups in total. The lowest BCUT2D eigenvalue weighted by Gasteiger charge is -2.15. The molecule has 1 heterocycles. The van der Waals surface area contributed by atoms with Crippen LogP contribution in [0.25, 0.3) is 57.9 Å². The Labute approximate surface area is 192 Å². The molecule has 0 aliphatic carbocycles. The summed E-state index contributed by atoms with van der Waals surface area (Å²) in [6.45, 7) is 23.0. The highest BCUT2D eigenvalue weighted by Gasteiger charge is 2.26. The van der Waals surface area contributed by atoms with Crippen molar-refractivity contribution >= 4 is 60.4 Å². The first-order valence-electron chi connectivity index (χ1n) is 9.64. The number of rotatable bonds is 0. The molecule has 0 aliphatic rings. The Morgan fingerprint density at radius 1 is 0.647 bits per heavy atom. The second kappa shape index (κ2) is 7.27. The molecule has 8 heteroatoms. The van der Waals surface area contributed by atoms with E-state index in [2.05, 4.69) is 24.5 Å². The molecule has 1 aromatic heterocycles. The second-order valence-corrected chi connectivity index (χ2v) is 7.20. The minimum absolute atomic E-state index is 0.0677. The van der Waals surface area contributed by atoms with Gasteiger partial charge in [-0.25, -0.2) is 9.97 Å². The summed E-state index contributed by atoms with van der Waals surface area (Å²) in [6, 6.07) is 16.9. The molecule has 5 aromatic rings. The zero-order valence-corrected chi connectivity index (χ0v) is 17.0. The molecule has 0 amide bonds. The molecule has 0 fully saturated rings. The van der Waals surface area contributed by atoms with E-state index in [9.17, 15) is 15.8 Å². The highest BCUT2D eigenvalue weighted by Crippen LogP contribution is 2.51. The molecule has 0 spiro atoms. The fourth-order valence-electron chi connectivity index (χ4n) is 4.24. The van der Waals surface area contributed by atoms with Crippen LogP contribution in [0.1, 0.15) is 17.0 Å². The van der Waals surface area contributed by atoms with Gasteiger partial charge in [-0.15, -0.1) is 0 Å². The predicted octanol–water partition coefficient (Wildman–Crippen LogP) is 6.36. The van der Waals surface area contributed by atoms with Crippen molar-refractivity contribution in [2.75, 3.05) is 0 Å². The maximum Gasteiger partial charge on any atom is 0.202 e. The molecule has 0 saturated carbocycles. The molecule has 0 aliphatic heterocycles. The maximum atomic E-state index is 10.0. The van der Waals surface area contributed by atoms with Crippen LogP contribution in [0.4, 0.5) is 17.1 Å². The van der Waals surface area contributed by atoms with Crippen LogP contribution in [0.2, 0.25) is 0 Å². The summed E-state index contributed by atoms with van der Waals surface area (Å²) < 4.78 is 0. The van der Waals surface area contributed by atoms with Crippen LogP contribution < -0.4 is 0 Å². The van der Waals surface area contributed by atoms with Gasteiger partial charge >= 0.3 is 0 Å². The molecule has 0 saturated heterocycles. The van der Waals surface area contributed by atoms with Gasteiger partial charge < -0.3 is 0 Å². The zero-order valence-electron chi connectivity index (χ0n) is 17.0. The summed E-state index contributed by atoms with van der Waals surface area (Å²) in [6.07, 6.45) is 0. The van der Waals surface area contributed by atoms with Crippen LogP contribution in [0, 0.1) is 53.7 Å². The van der Waals surface area contributed by atoms with Crippen LogP contribution >= 0.6 is 0 Å². The molecule has 0 unspecified atom stereocenters. The van der Waals surface area contributed by atoms with Crippen LogP contribution in [0.15, 0.2) is 36.4 Å². The first kappa shape index (κ1) is 19.9. The first-order chi connectivity index (χ1) is 16.6. The Balaban J connectivity index is 2.30. The average molecular weight is 430 g/mol. The van der Waals surface area contributed by atoms with Crippen molar-refractivity contribution < 1.29 is 0 Å². The summed E-state index contributed by atoms with van der Waals surface area (Å²) in [5, 5.41) is 32.4. The van der Waals surface area contributed by atoms with E-state index >= 15 is 0 Å². The number of fused-ring (bicyclic) bond motifs is 7. The van der Waals surface area contributed by atoms with E-state index in [1.54, 1.807) is 0 Å². The number of hydrogen-bond donors (Lipinski definition) is 0. The van der Waals surface area contributed by atoms with Crippen molar-refractivity contribution in [1.82, 2.24) is 9.97 Å². The molecule has 8 nitrogen and oxygen atoms in total. The second-order valence-electron chi connectivity index (χ2n) is 7.20. The smallest absolute Gasteiger partial charge is 0.202 e. The van der Waals surface area contributed by atoms with Crippen LogP contribution in [-0.2, 0) is 0 Å². The van der Waals surface area contributed by atoms with E-state index in [-0.39, 0.29) is 50.4 Å². The minimum Gasteiger partial charge on any atom is -0.262 e. The Hall–Kier alpha value is -6.06. The highest BCUT2D eigenvalue weighted by atomic mass is 14.9. The third-order valence-electron chi connectivity index (χ3n) is 5.62. The van der Waals surface area contributed by atoms with Crippen LogP contribution in [0.3, 0.4) is 0 Å². The van der Waals surface area contributed by atoms with Crippen molar-refractivity contribution in [3.8, 4) is 18.2 Å². The first-order valence-corrected chi connectivity index (χ1v) is 9.64. The van der Waals surface area contributed by atoms with E-state index in [1.807, 2.05) is 54.6 Å². The van der Waals surface area contributed by atoms with Crippen molar-refractivity contribution in [2.24, 2.45) is 0 Å². The standard InChI is InChI=1S/C26H6N8/c1-30-22-17(10-27)21-20(24(31-2)26(22)32-3)15-8-13-6-4-5-7-14(13)9-16(15)23-25(21)34-19(12-29)18(11-28)33-23/h4-9H. The SMILES string of the molecule is [C-]#[N+]c1c([N+]#[C-])c(C#N)c2c3nc(C#N)c(C#N)nc3c3cc4ccccc4cc3c2c1[N+]#[C-]. The van der Waals surface area contributed by atoms with Gasteiger partial charge in [-0.05, 0) is 33.7 Å². The Bertz CT molecular complexity index is 2030. The fourth-order valence-corrected chi connectivity index (χ4v) is 4.24. The minimum atomic E-state index is -0.248. The summed E-state index contributed by atoms with van der Waals surface area (Å²) >= 11 is 0. The molecule has 5 rings (SSSR count). The van der Waals surface area contributed by atoms with E-state index < -0.39 is 0 Å². The van der Waals surface area contributed by atoms with Crippen molar-refractivity contribution in [3.05, 3.63) is 87.6 Å².